The maximum absolute atomic E-state index is 12.5. The Labute approximate surface area is 564 Å². The molecule has 2 atom stereocenters. The van der Waals surface area contributed by atoms with Gasteiger partial charge < -0.3 is 20.3 Å². The molecule has 0 aliphatic heterocycles. The van der Waals surface area contributed by atoms with Gasteiger partial charge in [-0.05, 0) is 57.8 Å². The Morgan fingerprint density at radius 2 is 0.522 bits per heavy atom. The molecule has 0 bridgehead atoms. The predicted octanol–water partition coefficient (Wildman–Crippen LogP) is 27.6. The van der Waals surface area contributed by atoms with Crippen LogP contribution in [0.5, 0.6) is 0 Å². The van der Waals surface area contributed by atoms with E-state index in [9.17, 15) is 19.8 Å². The van der Waals surface area contributed by atoms with Crippen LogP contribution in [-0.4, -0.2) is 47.4 Å². The Bertz CT molecular complexity index is 1410. The summed E-state index contributed by atoms with van der Waals surface area (Å²) in [4.78, 5) is 24.6. The molecule has 0 aliphatic carbocycles. The van der Waals surface area contributed by atoms with E-state index in [0.717, 1.165) is 44.9 Å². The van der Waals surface area contributed by atoms with Gasteiger partial charge in [-0.3, -0.25) is 9.59 Å². The molecule has 2 unspecified atom stereocenters. The number of nitrogens with one attached hydrogen (secondary N) is 1. The number of esters is 1. The minimum absolute atomic E-state index is 0.0169. The van der Waals surface area contributed by atoms with Gasteiger partial charge in [-0.2, -0.15) is 0 Å². The zero-order chi connectivity index (χ0) is 64.9. The summed E-state index contributed by atoms with van der Waals surface area (Å²) in [5.74, 6) is -0.0404. The SMILES string of the molecule is CCCCCCCC/C=C\CCCCCCCC(=O)OCCCCCCCCCCCCCCCCCCCCCCCCCCCCCCCCCCCCCCCCCC(=O)NC(CO)C(O)/C=C/CCCCCCCCCCCCCCCCCCC. The first kappa shape index (κ1) is 88.3. The highest BCUT2D eigenvalue weighted by Crippen LogP contribution is 2.20. The van der Waals surface area contributed by atoms with E-state index in [0.29, 0.717) is 19.4 Å². The summed E-state index contributed by atoms with van der Waals surface area (Å²) in [6.45, 7) is 4.95. The van der Waals surface area contributed by atoms with Gasteiger partial charge >= 0.3 is 5.97 Å². The predicted molar refractivity (Wildman–Crippen MR) is 398 cm³/mol. The van der Waals surface area contributed by atoms with Gasteiger partial charge in [0.2, 0.25) is 5.91 Å². The lowest BCUT2D eigenvalue weighted by Crippen LogP contribution is -2.45. The van der Waals surface area contributed by atoms with Crippen LogP contribution in [0.1, 0.15) is 476 Å². The van der Waals surface area contributed by atoms with E-state index in [1.807, 2.05) is 6.08 Å². The van der Waals surface area contributed by atoms with Crippen molar-refractivity contribution in [1.29, 1.82) is 0 Å². The summed E-state index contributed by atoms with van der Waals surface area (Å²) in [5.41, 5.74) is 0. The Hall–Kier alpha value is -1.66. The first-order chi connectivity index (χ1) is 44.5. The van der Waals surface area contributed by atoms with Gasteiger partial charge in [-0.25, -0.2) is 0 Å². The molecule has 1 amide bonds. The smallest absolute Gasteiger partial charge is 0.305 e. The highest BCUT2D eigenvalue weighted by molar-refractivity contribution is 5.76. The zero-order valence-corrected chi connectivity index (χ0v) is 61.4. The number of carbonyl (C=O) groups is 2. The summed E-state index contributed by atoms with van der Waals surface area (Å²) >= 11 is 0. The molecule has 0 aromatic heterocycles. The normalized spacial score (nSPS) is 12.5. The highest BCUT2D eigenvalue weighted by atomic mass is 16.5. The molecule has 0 aromatic rings. The van der Waals surface area contributed by atoms with Crippen molar-refractivity contribution in [2.24, 2.45) is 0 Å². The van der Waals surface area contributed by atoms with E-state index in [1.54, 1.807) is 6.08 Å². The molecule has 0 heterocycles. The second-order valence-corrected chi connectivity index (χ2v) is 28.8. The van der Waals surface area contributed by atoms with Gasteiger partial charge in [0.25, 0.3) is 0 Å². The summed E-state index contributed by atoms with van der Waals surface area (Å²) < 4.78 is 5.50. The average molecular weight is 1270 g/mol. The van der Waals surface area contributed by atoms with E-state index in [-0.39, 0.29) is 18.5 Å². The summed E-state index contributed by atoms with van der Waals surface area (Å²) in [7, 11) is 0. The Morgan fingerprint density at radius 1 is 0.300 bits per heavy atom. The van der Waals surface area contributed by atoms with Crippen molar-refractivity contribution in [3.63, 3.8) is 0 Å². The molecular weight excluding hydrogens is 1100 g/mol. The van der Waals surface area contributed by atoms with Crippen LogP contribution in [0.2, 0.25) is 0 Å². The number of hydrogen-bond acceptors (Lipinski definition) is 5. The van der Waals surface area contributed by atoms with Crippen LogP contribution in [0.4, 0.5) is 0 Å². The zero-order valence-electron chi connectivity index (χ0n) is 61.4. The summed E-state index contributed by atoms with van der Waals surface area (Å²) in [6.07, 6.45) is 103. The molecule has 0 saturated carbocycles. The molecule has 6 nitrogen and oxygen atoms in total. The third kappa shape index (κ3) is 75.4. The van der Waals surface area contributed by atoms with Crippen molar-refractivity contribution in [2.45, 2.75) is 488 Å². The molecular formula is C84H163NO5. The monoisotopic (exact) mass is 1270 g/mol. The number of amides is 1. The maximum Gasteiger partial charge on any atom is 0.305 e. The lowest BCUT2D eigenvalue weighted by atomic mass is 10.0. The van der Waals surface area contributed by atoms with Crippen LogP contribution in [0.3, 0.4) is 0 Å². The van der Waals surface area contributed by atoms with Crippen molar-refractivity contribution >= 4 is 11.9 Å². The Kier molecular flexibility index (Phi) is 78.3. The molecule has 0 radical (unpaired) electrons. The fourth-order valence-corrected chi connectivity index (χ4v) is 13.4. The third-order valence-electron chi connectivity index (χ3n) is 19.7. The van der Waals surface area contributed by atoms with Crippen molar-refractivity contribution in [1.82, 2.24) is 5.32 Å². The number of carbonyl (C=O) groups excluding carboxylic acids is 2. The van der Waals surface area contributed by atoms with Crippen LogP contribution in [0.15, 0.2) is 24.3 Å². The summed E-state index contributed by atoms with van der Waals surface area (Å²) in [5, 5.41) is 23.3. The minimum atomic E-state index is -0.841. The van der Waals surface area contributed by atoms with Crippen molar-refractivity contribution < 1.29 is 24.5 Å². The molecule has 534 valence electrons. The second kappa shape index (κ2) is 79.8. The third-order valence-corrected chi connectivity index (χ3v) is 19.7. The van der Waals surface area contributed by atoms with E-state index < -0.39 is 12.1 Å². The lowest BCUT2D eigenvalue weighted by Gasteiger charge is -2.20. The lowest BCUT2D eigenvalue weighted by molar-refractivity contribution is -0.143. The van der Waals surface area contributed by atoms with E-state index >= 15 is 0 Å². The minimum Gasteiger partial charge on any atom is -0.466 e. The van der Waals surface area contributed by atoms with Gasteiger partial charge in [0.05, 0.1) is 25.4 Å². The van der Waals surface area contributed by atoms with Crippen molar-refractivity contribution in [3.8, 4) is 0 Å². The molecule has 0 aromatic carbocycles. The van der Waals surface area contributed by atoms with Gasteiger partial charge in [-0.1, -0.05) is 430 Å². The maximum atomic E-state index is 12.5. The molecule has 0 fully saturated rings. The molecule has 0 saturated heterocycles. The molecule has 3 N–H and O–H groups in total. The number of rotatable bonds is 79. The Balaban J connectivity index is 3.31. The first-order valence-electron chi connectivity index (χ1n) is 41.6. The van der Waals surface area contributed by atoms with E-state index in [1.165, 1.54) is 405 Å². The van der Waals surface area contributed by atoms with Crippen LogP contribution >= 0.6 is 0 Å². The molecule has 0 aliphatic rings. The molecule has 0 spiro atoms. The van der Waals surface area contributed by atoms with Crippen LogP contribution in [-0.2, 0) is 14.3 Å². The molecule has 0 rings (SSSR count). The Morgan fingerprint density at radius 3 is 0.789 bits per heavy atom. The fourth-order valence-electron chi connectivity index (χ4n) is 13.4. The van der Waals surface area contributed by atoms with Crippen molar-refractivity contribution in [2.75, 3.05) is 13.2 Å². The number of allylic oxidation sites excluding steroid dienone is 3. The number of aliphatic hydroxyl groups excluding tert-OH is 2. The van der Waals surface area contributed by atoms with E-state index in [4.69, 9.17) is 4.74 Å². The summed E-state index contributed by atoms with van der Waals surface area (Å²) in [6, 6.07) is -0.623. The van der Waals surface area contributed by atoms with Crippen LogP contribution in [0.25, 0.3) is 0 Å². The number of unbranched alkanes of at least 4 members (excludes halogenated alkanes) is 66. The number of aliphatic hydroxyl groups is 2. The topological polar surface area (TPSA) is 95.9 Å². The van der Waals surface area contributed by atoms with Gasteiger partial charge in [0.15, 0.2) is 0 Å². The van der Waals surface area contributed by atoms with Crippen molar-refractivity contribution in [3.05, 3.63) is 24.3 Å². The molecule has 6 heteroatoms. The first-order valence-corrected chi connectivity index (χ1v) is 41.6. The van der Waals surface area contributed by atoms with Gasteiger partial charge in [-0.15, -0.1) is 0 Å². The highest BCUT2D eigenvalue weighted by Gasteiger charge is 2.18. The largest absolute Gasteiger partial charge is 0.466 e. The number of ether oxygens (including phenoxy) is 1. The van der Waals surface area contributed by atoms with Gasteiger partial charge in [0.1, 0.15) is 0 Å². The number of hydrogen-bond donors (Lipinski definition) is 3. The fraction of sp³-hybridized carbons (Fsp3) is 0.929. The standard InChI is InChI=1S/C84H163NO5/c1-3-5-7-9-11-13-15-17-19-20-42-45-49-52-56-60-64-68-72-76-82(87)81(80-86)85-83(88)77-73-69-65-61-57-53-50-46-43-40-38-36-34-32-30-28-26-24-22-21-23-25-27-29-31-33-35-37-39-41-44-47-51-55-59-63-67-71-75-79-90-84(89)78-74-70-66-62-58-54-48-18-16-14-12-10-8-6-4-2/h18,48,72,76,81-82,86-87H,3-17,19-47,49-71,73-75,77-80H2,1-2H3,(H,85,88)/b48-18-,76-72+. The quantitative estimate of drug-likeness (QED) is 0.0320. The molecule has 90 heavy (non-hydrogen) atoms. The van der Waals surface area contributed by atoms with E-state index in [2.05, 4.69) is 31.3 Å². The van der Waals surface area contributed by atoms with Crippen LogP contribution < -0.4 is 5.32 Å². The van der Waals surface area contributed by atoms with Crippen LogP contribution in [0, 0.1) is 0 Å². The second-order valence-electron chi connectivity index (χ2n) is 28.8. The van der Waals surface area contributed by atoms with Gasteiger partial charge in [0, 0.05) is 12.8 Å². The average Bonchev–Trinajstić information content (AvgIpc) is 3.62.